The number of carbonyl (C=O) groups excluding carboxylic acids is 3. The van der Waals surface area contributed by atoms with E-state index in [1.807, 2.05) is 30.3 Å². The molecule has 0 aromatic heterocycles. The van der Waals surface area contributed by atoms with Gasteiger partial charge in [0.2, 0.25) is 11.8 Å². The van der Waals surface area contributed by atoms with E-state index < -0.39 is 23.8 Å². The first-order chi connectivity index (χ1) is 10.6. The van der Waals surface area contributed by atoms with Gasteiger partial charge in [0.25, 0.3) is 0 Å². The van der Waals surface area contributed by atoms with Gasteiger partial charge < -0.3 is 0 Å². The summed E-state index contributed by atoms with van der Waals surface area (Å²) in [5, 5.41) is 2.23. The van der Waals surface area contributed by atoms with Crippen LogP contribution in [-0.2, 0) is 16.0 Å². The van der Waals surface area contributed by atoms with Crippen LogP contribution in [0.4, 0.5) is 4.79 Å². The highest BCUT2D eigenvalue weighted by atomic mass is 16.2. The Kier molecular flexibility index (Phi) is 4.00. The predicted octanol–water partition coefficient (Wildman–Crippen LogP) is 1.16. The van der Waals surface area contributed by atoms with E-state index in [4.69, 9.17) is 0 Å². The minimum Gasteiger partial charge on any atom is -0.293 e. The summed E-state index contributed by atoms with van der Waals surface area (Å²) in [6, 6.07) is 9.17. The molecule has 0 unspecified atom stereocenters. The lowest BCUT2D eigenvalue weighted by Crippen LogP contribution is -2.58. The third-order valence-electron chi connectivity index (χ3n) is 3.75. The molecule has 114 valence electrons. The largest absolute Gasteiger partial charge is 0.330 e. The highest BCUT2D eigenvalue weighted by molar-refractivity contribution is 6.23. The van der Waals surface area contributed by atoms with Gasteiger partial charge in [-0.15, -0.1) is 0 Å². The number of imide groups is 2. The Bertz CT molecular complexity index is 623. The Balaban J connectivity index is 1.67. The van der Waals surface area contributed by atoms with Gasteiger partial charge in [-0.05, 0) is 24.8 Å². The molecule has 1 aromatic rings. The van der Waals surface area contributed by atoms with E-state index in [1.54, 1.807) is 0 Å². The molecule has 1 saturated heterocycles. The van der Waals surface area contributed by atoms with Gasteiger partial charge in [-0.2, -0.15) is 0 Å². The van der Waals surface area contributed by atoms with Crippen molar-refractivity contribution in [3.63, 3.8) is 0 Å². The second-order valence-electron chi connectivity index (χ2n) is 5.53. The fourth-order valence-electron chi connectivity index (χ4n) is 2.29. The molecule has 4 amide bonds. The van der Waals surface area contributed by atoms with Crippen LogP contribution in [0.2, 0.25) is 0 Å². The van der Waals surface area contributed by atoms with E-state index in [1.165, 1.54) is 6.21 Å². The zero-order valence-electron chi connectivity index (χ0n) is 12.1. The Labute approximate surface area is 128 Å². The number of nitrogens with one attached hydrogen (secondary N) is 1. The number of rotatable bonds is 5. The maximum absolute atomic E-state index is 12.4. The molecule has 1 heterocycles. The van der Waals surface area contributed by atoms with Crippen molar-refractivity contribution in [1.29, 1.82) is 0 Å². The smallest absolute Gasteiger partial charge is 0.293 e. The van der Waals surface area contributed by atoms with Gasteiger partial charge in [-0.25, -0.2) is 4.79 Å². The molecule has 2 aliphatic rings. The number of nitrogens with zero attached hydrogens (tertiary/aromatic N) is 2. The number of barbiturate groups is 1. The van der Waals surface area contributed by atoms with Gasteiger partial charge in [0.15, 0.2) is 5.92 Å². The van der Waals surface area contributed by atoms with E-state index in [0.717, 1.165) is 23.3 Å². The van der Waals surface area contributed by atoms with Crippen LogP contribution < -0.4 is 5.32 Å². The molecule has 0 spiro atoms. The molecule has 0 bridgehead atoms. The Morgan fingerprint density at radius 2 is 1.91 bits per heavy atom. The molecule has 6 nitrogen and oxygen atoms in total. The van der Waals surface area contributed by atoms with Crippen molar-refractivity contribution in [2.75, 3.05) is 6.54 Å². The normalized spacial score (nSPS) is 22.3. The molecule has 1 aromatic carbocycles. The van der Waals surface area contributed by atoms with Gasteiger partial charge in [-0.3, -0.25) is 24.8 Å². The molecule has 1 atom stereocenters. The van der Waals surface area contributed by atoms with E-state index in [2.05, 4.69) is 10.3 Å². The van der Waals surface area contributed by atoms with Crippen LogP contribution in [0.1, 0.15) is 18.4 Å². The first-order valence-corrected chi connectivity index (χ1v) is 7.38. The number of hydrogen-bond acceptors (Lipinski definition) is 4. The lowest BCUT2D eigenvalue weighted by molar-refractivity contribution is -0.139. The van der Waals surface area contributed by atoms with Crippen LogP contribution in [0.15, 0.2) is 35.3 Å². The van der Waals surface area contributed by atoms with Crippen LogP contribution in [0.3, 0.4) is 0 Å². The quantitative estimate of drug-likeness (QED) is 0.654. The monoisotopic (exact) mass is 299 g/mol. The molecule has 3 rings (SSSR count). The molecule has 1 N–H and O–H groups in total. The third kappa shape index (κ3) is 3.21. The van der Waals surface area contributed by atoms with Crippen LogP contribution in [0, 0.1) is 5.92 Å². The van der Waals surface area contributed by atoms with E-state index in [0.29, 0.717) is 6.42 Å². The van der Waals surface area contributed by atoms with Crippen molar-refractivity contribution in [2.24, 2.45) is 10.9 Å². The molecular formula is C16H17N3O3. The predicted molar refractivity (Wildman–Crippen MR) is 80.4 cm³/mol. The summed E-state index contributed by atoms with van der Waals surface area (Å²) in [5.74, 6) is -2.07. The van der Waals surface area contributed by atoms with Gasteiger partial charge in [0.05, 0.1) is 0 Å². The maximum atomic E-state index is 12.4. The number of benzene rings is 1. The van der Waals surface area contributed by atoms with E-state index in [-0.39, 0.29) is 12.6 Å². The van der Waals surface area contributed by atoms with Crippen molar-refractivity contribution in [1.82, 2.24) is 10.2 Å². The average Bonchev–Trinajstić information content (AvgIpc) is 3.32. The molecule has 22 heavy (non-hydrogen) atoms. The molecule has 1 aliphatic carbocycles. The summed E-state index contributed by atoms with van der Waals surface area (Å²) in [6.07, 6.45) is 3.93. The van der Waals surface area contributed by atoms with E-state index in [9.17, 15) is 14.4 Å². The lowest BCUT2D eigenvalue weighted by atomic mass is 10.1. The van der Waals surface area contributed by atoms with Crippen LogP contribution >= 0.6 is 0 Å². The fourth-order valence-corrected chi connectivity index (χ4v) is 2.29. The second-order valence-corrected chi connectivity index (χ2v) is 5.53. The third-order valence-corrected chi connectivity index (χ3v) is 3.75. The summed E-state index contributed by atoms with van der Waals surface area (Å²) in [7, 11) is 0. The Morgan fingerprint density at radius 1 is 1.18 bits per heavy atom. The zero-order valence-corrected chi connectivity index (χ0v) is 12.1. The summed E-state index contributed by atoms with van der Waals surface area (Å²) in [5.41, 5.74) is 1.03. The van der Waals surface area contributed by atoms with Gasteiger partial charge in [-0.1, -0.05) is 30.3 Å². The Morgan fingerprint density at radius 3 is 2.59 bits per heavy atom. The highest BCUT2D eigenvalue weighted by Gasteiger charge is 2.39. The SMILES string of the molecule is O=C1NC(=O)N(CCc2ccccc2)C(=O)[C@@H]1C=NC1CC1. The van der Waals surface area contributed by atoms with Crippen molar-refractivity contribution in [2.45, 2.75) is 25.3 Å². The Hall–Kier alpha value is -2.50. The lowest BCUT2D eigenvalue weighted by Gasteiger charge is -2.28. The first-order valence-electron chi connectivity index (χ1n) is 7.38. The number of hydrogen-bond donors (Lipinski definition) is 1. The first kappa shape index (κ1) is 14.4. The van der Waals surface area contributed by atoms with Gasteiger partial charge >= 0.3 is 6.03 Å². The van der Waals surface area contributed by atoms with Crippen molar-refractivity contribution >= 4 is 24.1 Å². The minimum absolute atomic E-state index is 0.232. The minimum atomic E-state index is -0.992. The molecular weight excluding hydrogens is 282 g/mol. The van der Waals surface area contributed by atoms with Gasteiger partial charge in [0.1, 0.15) is 0 Å². The summed E-state index contributed by atoms with van der Waals surface area (Å²) >= 11 is 0. The van der Waals surface area contributed by atoms with Crippen LogP contribution in [0.5, 0.6) is 0 Å². The molecule has 2 fully saturated rings. The van der Waals surface area contributed by atoms with Crippen molar-refractivity contribution in [3.05, 3.63) is 35.9 Å². The number of carbonyl (C=O) groups is 3. The molecule has 1 aliphatic heterocycles. The summed E-state index contributed by atoms with van der Waals surface area (Å²) in [6.45, 7) is 0.246. The topological polar surface area (TPSA) is 78.8 Å². The van der Waals surface area contributed by atoms with Crippen molar-refractivity contribution in [3.8, 4) is 0 Å². The number of amides is 4. The average molecular weight is 299 g/mol. The molecule has 6 heteroatoms. The van der Waals surface area contributed by atoms with Crippen molar-refractivity contribution < 1.29 is 14.4 Å². The standard InChI is InChI=1S/C16H17N3O3/c20-14-13(10-17-12-6-7-12)15(21)19(16(22)18-14)9-8-11-4-2-1-3-5-11/h1-5,10,12-13H,6-9H2,(H,18,20,22)/t13-/m1/s1. The molecule has 0 radical (unpaired) electrons. The van der Waals surface area contributed by atoms with Crippen LogP contribution in [-0.4, -0.2) is 41.5 Å². The van der Waals surface area contributed by atoms with Gasteiger partial charge in [0, 0.05) is 18.8 Å². The molecule has 1 saturated carbocycles. The summed E-state index contributed by atoms with van der Waals surface area (Å²) < 4.78 is 0. The fraction of sp³-hybridized carbons (Fsp3) is 0.375. The van der Waals surface area contributed by atoms with E-state index >= 15 is 0 Å². The maximum Gasteiger partial charge on any atom is 0.330 e. The second kappa shape index (κ2) is 6.09. The highest BCUT2D eigenvalue weighted by Crippen LogP contribution is 2.23. The number of urea groups is 1. The number of aliphatic imine (C=N–C) groups is 1. The zero-order chi connectivity index (χ0) is 15.5. The van der Waals surface area contributed by atoms with Crippen LogP contribution in [0.25, 0.3) is 0 Å². The summed E-state index contributed by atoms with van der Waals surface area (Å²) in [4.78, 5) is 41.3.